The van der Waals surface area contributed by atoms with Gasteiger partial charge in [-0.25, -0.2) is 15.0 Å². The zero-order valence-electron chi connectivity index (χ0n) is 13.0. The minimum absolute atomic E-state index is 0.720. The van der Waals surface area contributed by atoms with Gasteiger partial charge < -0.3 is 9.47 Å². The average Bonchev–Trinajstić information content (AvgIpc) is 3.14. The van der Waals surface area contributed by atoms with Crippen molar-refractivity contribution in [3.8, 4) is 0 Å². The van der Waals surface area contributed by atoms with Gasteiger partial charge >= 0.3 is 0 Å². The molecule has 4 heterocycles. The smallest absolute Gasteiger partial charge is 0.225 e. The largest absolute Gasteiger partial charge is 0.340 e. The van der Waals surface area contributed by atoms with E-state index < -0.39 is 0 Å². The van der Waals surface area contributed by atoms with E-state index in [1.54, 1.807) is 0 Å². The molecule has 2 aromatic heterocycles. The molecule has 2 aromatic rings. The van der Waals surface area contributed by atoms with Crippen LogP contribution in [-0.4, -0.2) is 50.6 Å². The molecule has 0 spiro atoms. The maximum atomic E-state index is 4.45. The van der Waals surface area contributed by atoms with Gasteiger partial charge in [0.25, 0.3) is 0 Å². The van der Waals surface area contributed by atoms with E-state index in [9.17, 15) is 0 Å². The molecule has 0 bridgehead atoms. The van der Waals surface area contributed by atoms with Crippen molar-refractivity contribution in [2.45, 2.75) is 13.0 Å². The highest BCUT2D eigenvalue weighted by molar-refractivity contribution is 5.29. The average molecular weight is 298 g/mol. The Labute approximate surface area is 130 Å². The molecule has 0 aliphatic carbocycles. The number of likely N-dealkylation sites (tertiary alicyclic amines) is 1. The summed E-state index contributed by atoms with van der Waals surface area (Å²) >= 11 is 0. The fourth-order valence-corrected chi connectivity index (χ4v) is 3.78. The summed E-state index contributed by atoms with van der Waals surface area (Å²) in [7, 11) is 2.07. The molecule has 0 unspecified atom stereocenters. The molecular formula is C16H22N6. The van der Waals surface area contributed by atoms with E-state index in [1.165, 1.54) is 13.0 Å². The van der Waals surface area contributed by atoms with Crippen LogP contribution in [0.3, 0.4) is 0 Å². The summed E-state index contributed by atoms with van der Waals surface area (Å²) in [5.41, 5.74) is 0. The summed E-state index contributed by atoms with van der Waals surface area (Å²) in [6, 6.07) is 1.88. The molecule has 0 amide bonds. The number of nitrogens with zero attached hydrogens (tertiary/aromatic N) is 6. The van der Waals surface area contributed by atoms with Gasteiger partial charge in [-0.1, -0.05) is 0 Å². The lowest BCUT2D eigenvalue weighted by atomic mass is 9.89. The number of imidazole rings is 1. The second-order valence-electron chi connectivity index (χ2n) is 6.45. The summed E-state index contributed by atoms with van der Waals surface area (Å²) in [6.07, 6.45) is 8.80. The van der Waals surface area contributed by atoms with Crippen LogP contribution in [0.4, 0.5) is 5.95 Å². The van der Waals surface area contributed by atoms with Crippen molar-refractivity contribution in [1.29, 1.82) is 0 Å². The molecule has 2 aliphatic rings. The zero-order chi connectivity index (χ0) is 14.9. The van der Waals surface area contributed by atoms with Gasteiger partial charge in [0, 0.05) is 58.0 Å². The van der Waals surface area contributed by atoms with Gasteiger partial charge in [-0.05, 0) is 24.3 Å². The number of piperidine rings is 1. The molecule has 0 aromatic carbocycles. The minimum Gasteiger partial charge on any atom is -0.340 e. The first-order valence-corrected chi connectivity index (χ1v) is 8.00. The lowest BCUT2D eigenvalue weighted by Crippen LogP contribution is -2.40. The van der Waals surface area contributed by atoms with E-state index in [2.05, 4.69) is 36.4 Å². The Morgan fingerprint density at radius 1 is 1.05 bits per heavy atom. The van der Waals surface area contributed by atoms with E-state index >= 15 is 0 Å². The Kier molecular flexibility index (Phi) is 3.54. The van der Waals surface area contributed by atoms with E-state index in [1.807, 2.05) is 30.9 Å². The Morgan fingerprint density at radius 2 is 1.86 bits per heavy atom. The molecule has 2 fully saturated rings. The number of aromatic nitrogens is 4. The van der Waals surface area contributed by atoms with Crippen LogP contribution >= 0.6 is 0 Å². The summed E-state index contributed by atoms with van der Waals surface area (Å²) in [5, 5.41) is 0. The highest BCUT2D eigenvalue weighted by Crippen LogP contribution is 2.32. The van der Waals surface area contributed by atoms with Crippen molar-refractivity contribution >= 4 is 5.95 Å². The van der Waals surface area contributed by atoms with Crippen LogP contribution in [0.15, 0.2) is 30.9 Å². The second-order valence-corrected chi connectivity index (χ2v) is 6.45. The molecule has 4 rings (SSSR count). The third-order valence-electron chi connectivity index (χ3n) is 5.00. The van der Waals surface area contributed by atoms with Crippen molar-refractivity contribution in [1.82, 2.24) is 24.4 Å². The number of hydrogen-bond acceptors (Lipinski definition) is 5. The van der Waals surface area contributed by atoms with Crippen LogP contribution in [0, 0.1) is 11.8 Å². The highest BCUT2D eigenvalue weighted by Gasteiger charge is 2.37. The third kappa shape index (κ3) is 2.59. The summed E-state index contributed by atoms with van der Waals surface area (Å²) in [4.78, 5) is 18.1. The highest BCUT2D eigenvalue weighted by atomic mass is 15.3. The minimum atomic E-state index is 0.720. The van der Waals surface area contributed by atoms with Crippen molar-refractivity contribution in [3.05, 3.63) is 36.7 Å². The van der Waals surface area contributed by atoms with Crippen molar-refractivity contribution in [2.24, 2.45) is 18.9 Å². The maximum absolute atomic E-state index is 4.45. The maximum Gasteiger partial charge on any atom is 0.225 e. The first-order chi connectivity index (χ1) is 10.8. The van der Waals surface area contributed by atoms with Gasteiger partial charge in [0.05, 0.1) is 6.54 Å². The summed E-state index contributed by atoms with van der Waals surface area (Å²) < 4.78 is 2.12. The summed E-state index contributed by atoms with van der Waals surface area (Å²) in [5.74, 6) is 3.56. The van der Waals surface area contributed by atoms with Crippen LogP contribution in [0.5, 0.6) is 0 Å². The number of rotatable bonds is 3. The van der Waals surface area contributed by atoms with Gasteiger partial charge in [-0.15, -0.1) is 0 Å². The first kappa shape index (κ1) is 13.7. The fourth-order valence-electron chi connectivity index (χ4n) is 3.78. The predicted molar refractivity (Wildman–Crippen MR) is 84.3 cm³/mol. The van der Waals surface area contributed by atoms with Gasteiger partial charge in [-0.3, -0.25) is 4.90 Å². The summed E-state index contributed by atoms with van der Waals surface area (Å²) in [6.45, 7) is 5.45. The molecule has 2 atom stereocenters. The lowest BCUT2D eigenvalue weighted by molar-refractivity contribution is 0.302. The Hall–Kier alpha value is -1.95. The number of anilines is 1. The molecule has 22 heavy (non-hydrogen) atoms. The van der Waals surface area contributed by atoms with Gasteiger partial charge in [0.2, 0.25) is 5.95 Å². The van der Waals surface area contributed by atoms with Gasteiger partial charge in [-0.2, -0.15) is 0 Å². The Bertz CT molecular complexity index is 625. The number of fused-ring (bicyclic) bond motifs is 1. The normalized spacial score (nSPS) is 25.4. The van der Waals surface area contributed by atoms with Crippen LogP contribution in [0.1, 0.15) is 12.2 Å². The molecule has 0 radical (unpaired) electrons. The van der Waals surface area contributed by atoms with Gasteiger partial charge in [0.1, 0.15) is 5.82 Å². The van der Waals surface area contributed by atoms with Crippen molar-refractivity contribution < 1.29 is 0 Å². The molecule has 0 saturated carbocycles. The van der Waals surface area contributed by atoms with Crippen molar-refractivity contribution in [2.75, 3.05) is 31.1 Å². The quantitative estimate of drug-likeness (QED) is 0.851. The standard InChI is InChI=1S/C16H22N6/c1-20-8-6-17-15(20)12-21-9-13-3-7-22(11-14(13)10-21)16-18-4-2-5-19-16/h2,4-6,8,13-14H,3,7,9-12H2,1H3/t13-,14-/m1/s1. The number of aryl methyl sites for hydroxylation is 1. The SMILES string of the molecule is Cn1ccnc1CN1C[C@H]2CCN(c3ncccn3)C[C@H]2C1. The molecule has 6 heteroatoms. The molecule has 2 saturated heterocycles. The predicted octanol–water partition coefficient (Wildman–Crippen LogP) is 1.17. The van der Waals surface area contributed by atoms with Crippen LogP contribution in [0.2, 0.25) is 0 Å². The van der Waals surface area contributed by atoms with E-state index in [-0.39, 0.29) is 0 Å². The second kappa shape index (κ2) is 5.68. The molecule has 0 N–H and O–H groups in total. The Morgan fingerprint density at radius 3 is 2.64 bits per heavy atom. The topological polar surface area (TPSA) is 50.1 Å². The third-order valence-corrected chi connectivity index (χ3v) is 5.00. The van der Waals surface area contributed by atoms with Gasteiger partial charge in [0.15, 0.2) is 0 Å². The first-order valence-electron chi connectivity index (χ1n) is 8.00. The molecule has 6 nitrogen and oxygen atoms in total. The van der Waals surface area contributed by atoms with E-state index in [0.717, 1.165) is 49.8 Å². The lowest BCUT2D eigenvalue weighted by Gasteiger charge is -2.34. The van der Waals surface area contributed by atoms with Crippen LogP contribution < -0.4 is 4.90 Å². The zero-order valence-corrected chi connectivity index (χ0v) is 13.0. The monoisotopic (exact) mass is 298 g/mol. The van der Waals surface area contributed by atoms with Crippen molar-refractivity contribution in [3.63, 3.8) is 0 Å². The molecule has 2 aliphatic heterocycles. The molecule has 116 valence electrons. The van der Waals surface area contributed by atoms with E-state index in [0.29, 0.717) is 0 Å². The van der Waals surface area contributed by atoms with E-state index in [4.69, 9.17) is 0 Å². The van der Waals surface area contributed by atoms with Crippen LogP contribution in [-0.2, 0) is 13.6 Å². The fraction of sp³-hybridized carbons (Fsp3) is 0.562. The van der Waals surface area contributed by atoms with Crippen LogP contribution in [0.25, 0.3) is 0 Å². The Balaban J connectivity index is 1.41. The molecular weight excluding hydrogens is 276 g/mol. The number of hydrogen-bond donors (Lipinski definition) is 0.